The van der Waals surface area contributed by atoms with Crippen molar-refractivity contribution < 1.29 is 42.6 Å². The Morgan fingerprint density at radius 3 is 2.30 bits per heavy atom. The maximum Gasteiger partial charge on any atom is 0.519 e. The molecule has 4 saturated carbocycles. The number of aliphatic carboxylic acids is 1. The third-order valence-electron chi connectivity index (χ3n) is 16.6. The van der Waals surface area contributed by atoms with Crippen molar-refractivity contribution in [2.45, 2.75) is 145 Å². The third-order valence-corrected chi connectivity index (χ3v) is 16.6. The zero-order chi connectivity index (χ0) is 38.5. The van der Waals surface area contributed by atoms with Gasteiger partial charge >= 0.3 is 23.7 Å². The molecule has 5 aliphatic carbocycles. The van der Waals surface area contributed by atoms with E-state index in [9.17, 15) is 24.3 Å². The predicted octanol–water partition coefficient (Wildman–Crippen LogP) is 7.03. The van der Waals surface area contributed by atoms with Gasteiger partial charge in [0.25, 0.3) is 0 Å². The van der Waals surface area contributed by atoms with Crippen molar-refractivity contribution in [2.75, 3.05) is 13.2 Å². The van der Waals surface area contributed by atoms with E-state index in [2.05, 4.69) is 32.6 Å². The molecule has 1 N–H and O–H groups in total. The Kier molecular flexibility index (Phi) is 9.10. The molecule has 0 amide bonds. The molecule has 11 atom stereocenters. The number of fused-ring (bicyclic) bond motifs is 7. The molecule has 0 radical (unpaired) electrons. The number of carboxylic acid groups (broad SMARTS) is 1. The maximum absolute atomic E-state index is 15.0. The van der Waals surface area contributed by atoms with E-state index in [1.165, 1.54) is 0 Å². The summed E-state index contributed by atoms with van der Waals surface area (Å²) in [6.45, 7) is 17.0. The summed E-state index contributed by atoms with van der Waals surface area (Å²) in [5, 5.41) is 10.3. The van der Waals surface area contributed by atoms with Crippen molar-refractivity contribution in [3.8, 4) is 0 Å². The van der Waals surface area contributed by atoms with E-state index in [0.29, 0.717) is 45.1 Å². The van der Waals surface area contributed by atoms with Gasteiger partial charge < -0.3 is 23.4 Å². The number of aryl methyl sites for hydroxylation is 1. The molecule has 53 heavy (non-hydrogen) atoms. The number of ether oxygens (including phenoxy) is 2. The molecule has 2 heterocycles. The highest BCUT2D eigenvalue weighted by Gasteiger charge is 2.72. The number of allylic oxidation sites excluding steroid dienone is 2. The fraction of sp³-hybridized carbons (Fsp3) is 0.786. The summed E-state index contributed by atoms with van der Waals surface area (Å²) in [5.74, 6) is -2.42. The molecule has 11 heteroatoms. The molecule has 0 bridgehead atoms. The van der Waals surface area contributed by atoms with Gasteiger partial charge in [0, 0.05) is 12.0 Å². The van der Waals surface area contributed by atoms with E-state index in [1.807, 2.05) is 19.9 Å². The van der Waals surface area contributed by atoms with Crippen LogP contribution in [0.1, 0.15) is 131 Å². The minimum atomic E-state index is -1.11. The summed E-state index contributed by atoms with van der Waals surface area (Å²) in [4.78, 5) is 69.7. The summed E-state index contributed by atoms with van der Waals surface area (Å²) in [6, 6.07) is -0.804. The first kappa shape index (κ1) is 38.1. The number of rotatable bonds is 7. The quantitative estimate of drug-likeness (QED) is 0.287. The summed E-state index contributed by atoms with van der Waals surface area (Å²) in [7, 11) is 0. The van der Waals surface area contributed by atoms with Crippen molar-refractivity contribution in [1.29, 1.82) is 0 Å². The highest BCUT2D eigenvalue weighted by molar-refractivity contribution is 5.96. The first-order valence-corrected chi connectivity index (χ1v) is 20.0. The van der Waals surface area contributed by atoms with E-state index < -0.39 is 45.5 Å². The number of hydrogen-bond donors (Lipinski definition) is 1. The van der Waals surface area contributed by atoms with Gasteiger partial charge in [-0.25, -0.2) is 4.79 Å². The molecule has 11 nitrogen and oxygen atoms in total. The van der Waals surface area contributed by atoms with E-state index in [0.717, 1.165) is 37.7 Å². The normalized spacial score (nSPS) is 43.8. The predicted molar refractivity (Wildman–Crippen MR) is 193 cm³/mol. The van der Waals surface area contributed by atoms with Gasteiger partial charge in [-0.1, -0.05) is 33.3 Å². The maximum atomic E-state index is 15.0. The number of likely N-dealkylation sites (tertiary alicyclic amines) is 1. The van der Waals surface area contributed by atoms with Crippen LogP contribution in [0.2, 0.25) is 0 Å². The first-order chi connectivity index (χ1) is 24.8. The zero-order valence-corrected chi connectivity index (χ0v) is 32.9. The molecule has 0 aromatic carbocycles. The van der Waals surface area contributed by atoms with Crippen LogP contribution in [0.15, 0.2) is 25.3 Å². The number of carboxylic acids is 1. The van der Waals surface area contributed by atoms with Gasteiger partial charge in [0.15, 0.2) is 23.9 Å². The van der Waals surface area contributed by atoms with Crippen LogP contribution in [0.4, 0.5) is 0 Å². The minimum Gasteiger partial charge on any atom is -0.481 e. The molecule has 1 aliphatic heterocycles. The molecule has 5 fully saturated rings. The van der Waals surface area contributed by atoms with Gasteiger partial charge in [-0.2, -0.15) is 0 Å². The fourth-order valence-corrected chi connectivity index (χ4v) is 13.3. The molecule has 1 aromatic heterocycles. The number of hydrogen-bond acceptors (Lipinski definition) is 10. The lowest BCUT2D eigenvalue weighted by atomic mass is 9.33. The largest absolute Gasteiger partial charge is 0.519 e. The van der Waals surface area contributed by atoms with Gasteiger partial charge in [-0.05, 0) is 144 Å². The number of carbonyl (C=O) groups is 4. The average molecular weight is 738 g/mol. The summed E-state index contributed by atoms with van der Waals surface area (Å²) in [6.07, 6.45) is 10.0. The Hall–Kier alpha value is -3.21. The fourth-order valence-electron chi connectivity index (χ4n) is 13.3. The Morgan fingerprint density at radius 2 is 1.64 bits per heavy atom. The van der Waals surface area contributed by atoms with Crippen LogP contribution >= 0.6 is 0 Å². The van der Waals surface area contributed by atoms with Gasteiger partial charge in [-0.15, -0.1) is 0 Å². The first-order valence-electron chi connectivity index (χ1n) is 20.0. The molecule has 0 spiro atoms. The zero-order valence-electron chi connectivity index (χ0n) is 32.9. The van der Waals surface area contributed by atoms with Crippen LogP contribution in [0.25, 0.3) is 0 Å². The summed E-state index contributed by atoms with van der Waals surface area (Å²) < 4.78 is 21.8. The van der Waals surface area contributed by atoms with Crippen molar-refractivity contribution in [1.82, 2.24) is 4.90 Å². The van der Waals surface area contributed by atoms with E-state index >= 15 is 4.79 Å². The highest BCUT2D eigenvalue weighted by atomic mass is 16.6. The second kappa shape index (κ2) is 12.7. The highest BCUT2D eigenvalue weighted by Crippen LogP contribution is 2.75. The molecule has 7 rings (SSSR count). The lowest BCUT2D eigenvalue weighted by molar-refractivity contribution is -0.213. The number of ketones is 1. The van der Waals surface area contributed by atoms with Crippen LogP contribution in [0.5, 0.6) is 0 Å². The summed E-state index contributed by atoms with van der Waals surface area (Å²) >= 11 is 0. The number of carbonyl (C=O) groups excluding carboxylic acids is 3. The van der Waals surface area contributed by atoms with Gasteiger partial charge in [-0.3, -0.25) is 24.1 Å². The molecule has 1 aromatic rings. The van der Waals surface area contributed by atoms with Crippen LogP contribution in [-0.2, 0) is 35.3 Å². The van der Waals surface area contributed by atoms with E-state index in [4.69, 9.17) is 18.3 Å². The number of esters is 2. The SMILES string of the molecule is CCOC(=O)C1CCCN1[C@H]1CC[C@@]2(C)[C@@H](CC[C@]3(C)[C@@H]2C(=O)C=C2[C@@H]4C[C@@](C)(C(=O)O)CC[C@]4(C)CC[C@]23C)[C@]1(C)C(=O)OCc1oc(=O)oc1C. The standard InChI is InChI=1S/C42H59NO10/c1-9-50-33(45)27-11-10-20-43(27)31-13-14-39(5)30(42(31,8)35(48)51-23-29-24(2)52-36(49)53-29)12-15-41(7)32(39)28(44)21-25-26-22-38(4,34(46)47)17-16-37(26,3)18-19-40(25,41)6/h21,26-27,30-32H,9-20,22-23H2,1-8H3,(H,46,47)/t26-,27?,30+,31-,32+,37+,38-,39-,40+,41+,42-/m0/s1. The number of nitrogens with zero attached hydrogens (tertiary/aromatic N) is 1. The lowest BCUT2D eigenvalue weighted by Gasteiger charge is -2.70. The van der Waals surface area contributed by atoms with Gasteiger partial charge in [0.1, 0.15) is 6.04 Å². The van der Waals surface area contributed by atoms with Crippen molar-refractivity contribution in [3.05, 3.63) is 33.8 Å². The monoisotopic (exact) mass is 737 g/mol. The van der Waals surface area contributed by atoms with Crippen LogP contribution in [0.3, 0.4) is 0 Å². The Balaban J connectivity index is 1.29. The smallest absolute Gasteiger partial charge is 0.481 e. The van der Waals surface area contributed by atoms with Crippen LogP contribution < -0.4 is 5.82 Å². The van der Waals surface area contributed by atoms with E-state index in [-0.39, 0.29) is 71.1 Å². The second-order valence-corrected chi connectivity index (χ2v) is 19.1. The van der Waals surface area contributed by atoms with Crippen LogP contribution in [0, 0.1) is 57.2 Å². The van der Waals surface area contributed by atoms with Crippen molar-refractivity contribution in [3.63, 3.8) is 0 Å². The topological polar surface area (TPSA) is 154 Å². The minimum absolute atomic E-state index is 0.0146. The molecule has 292 valence electrons. The molecule has 6 aliphatic rings. The van der Waals surface area contributed by atoms with Crippen molar-refractivity contribution >= 4 is 23.7 Å². The van der Waals surface area contributed by atoms with E-state index in [1.54, 1.807) is 13.8 Å². The second-order valence-electron chi connectivity index (χ2n) is 19.1. The molecule has 1 saturated heterocycles. The Labute approximate surface area is 312 Å². The van der Waals surface area contributed by atoms with Crippen molar-refractivity contribution in [2.24, 2.45) is 50.2 Å². The third kappa shape index (κ3) is 5.39. The molecular formula is C42H59NO10. The molecule has 1 unspecified atom stereocenters. The lowest BCUT2D eigenvalue weighted by Crippen LogP contribution is -2.70. The van der Waals surface area contributed by atoms with Crippen LogP contribution in [-0.4, -0.2) is 58.9 Å². The summed E-state index contributed by atoms with van der Waals surface area (Å²) in [5.41, 5.74) is -2.13. The average Bonchev–Trinajstić information content (AvgIpc) is 3.70. The van der Waals surface area contributed by atoms with Gasteiger partial charge in [0.05, 0.1) is 17.4 Å². The Bertz CT molecular complexity index is 1790. The van der Waals surface area contributed by atoms with Gasteiger partial charge in [0.2, 0.25) is 0 Å². The molecular weight excluding hydrogens is 678 g/mol. The Morgan fingerprint density at radius 1 is 0.925 bits per heavy atom.